The number of aromatic amines is 1. The standard InChI is InChI=1S/C15H24FN3O2/c1-9(2)13-12(14(10(3)4)19-18-13)8-11(16)6-7-21-15(20)17-5/h6,9-10H,7-8H2,1-5H3,(H,17,20)(H,18,19)/b11-6-. The summed E-state index contributed by atoms with van der Waals surface area (Å²) in [5.74, 6) is 0.137. The predicted octanol–water partition coefficient (Wildman–Crippen LogP) is 3.41. The SMILES string of the molecule is CNC(=O)OC/C=C(\F)Cc1c(C(C)C)n[nH]c1C(C)C. The molecule has 5 nitrogen and oxygen atoms in total. The zero-order chi connectivity index (χ0) is 16.0. The van der Waals surface area contributed by atoms with Crippen LogP contribution in [0, 0.1) is 0 Å². The highest BCUT2D eigenvalue weighted by Gasteiger charge is 2.18. The van der Waals surface area contributed by atoms with Gasteiger partial charge in [0.1, 0.15) is 12.4 Å². The fourth-order valence-corrected chi connectivity index (χ4v) is 2.06. The molecule has 1 aromatic rings. The van der Waals surface area contributed by atoms with Crippen molar-refractivity contribution in [1.82, 2.24) is 15.5 Å². The maximum atomic E-state index is 14.0. The van der Waals surface area contributed by atoms with E-state index < -0.39 is 6.09 Å². The van der Waals surface area contributed by atoms with Crippen LogP contribution in [0.15, 0.2) is 11.9 Å². The van der Waals surface area contributed by atoms with Gasteiger partial charge >= 0.3 is 6.09 Å². The molecular formula is C15H24FN3O2. The van der Waals surface area contributed by atoms with E-state index in [2.05, 4.69) is 15.5 Å². The number of aromatic nitrogens is 2. The molecule has 6 heteroatoms. The van der Waals surface area contributed by atoms with Crippen molar-refractivity contribution in [1.29, 1.82) is 0 Å². The second-order valence-electron chi connectivity index (χ2n) is 5.49. The number of H-pyrrole nitrogens is 1. The predicted molar refractivity (Wildman–Crippen MR) is 80.1 cm³/mol. The third kappa shape index (κ3) is 4.88. The molecule has 0 aliphatic heterocycles. The minimum Gasteiger partial charge on any atom is -0.445 e. The molecule has 1 heterocycles. The monoisotopic (exact) mass is 297 g/mol. The van der Waals surface area contributed by atoms with Gasteiger partial charge in [-0.15, -0.1) is 0 Å². The van der Waals surface area contributed by atoms with Crippen molar-refractivity contribution in [3.05, 3.63) is 28.9 Å². The summed E-state index contributed by atoms with van der Waals surface area (Å²) in [6, 6.07) is 0. The van der Waals surface area contributed by atoms with Gasteiger partial charge in [-0.25, -0.2) is 9.18 Å². The Bertz CT molecular complexity index is 482. The Hall–Kier alpha value is -1.85. The Morgan fingerprint density at radius 2 is 2.05 bits per heavy atom. The summed E-state index contributed by atoms with van der Waals surface area (Å²) in [5.41, 5.74) is 2.73. The summed E-state index contributed by atoms with van der Waals surface area (Å²) in [7, 11) is 1.46. The zero-order valence-corrected chi connectivity index (χ0v) is 13.3. The molecule has 118 valence electrons. The van der Waals surface area contributed by atoms with Gasteiger partial charge in [0.25, 0.3) is 0 Å². The fraction of sp³-hybridized carbons (Fsp3) is 0.600. The quantitative estimate of drug-likeness (QED) is 0.845. The highest BCUT2D eigenvalue weighted by molar-refractivity contribution is 5.66. The van der Waals surface area contributed by atoms with Crippen molar-refractivity contribution in [3.8, 4) is 0 Å². The molecule has 1 rings (SSSR count). The van der Waals surface area contributed by atoms with E-state index in [-0.39, 0.29) is 30.7 Å². The third-order valence-electron chi connectivity index (χ3n) is 3.12. The molecule has 1 aromatic heterocycles. The number of carbonyl (C=O) groups excluding carboxylic acids is 1. The van der Waals surface area contributed by atoms with Crippen LogP contribution in [0.1, 0.15) is 56.5 Å². The molecule has 0 radical (unpaired) electrons. The van der Waals surface area contributed by atoms with E-state index in [9.17, 15) is 9.18 Å². The normalized spacial score (nSPS) is 12.1. The second kappa shape index (κ2) is 7.81. The van der Waals surface area contributed by atoms with E-state index in [4.69, 9.17) is 4.74 Å². The first-order chi connectivity index (χ1) is 9.86. The Morgan fingerprint density at radius 1 is 1.38 bits per heavy atom. The minimum atomic E-state index is -0.576. The van der Waals surface area contributed by atoms with Crippen molar-refractivity contribution in [3.63, 3.8) is 0 Å². The molecule has 0 saturated carbocycles. The number of amides is 1. The first kappa shape index (κ1) is 17.2. The van der Waals surface area contributed by atoms with Crippen LogP contribution < -0.4 is 5.32 Å². The number of allylic oxidation sites excluding steroid dienone is 1. The average Bonchev–Trinajstić information content (AvgIpc) is 2.82. The van der Waals surface area contributed by atoms with Gasteiger partial charge in [0.15, 0.2) is 0 Å². The molecule has 1 amide bonds. The van der Waals surface area contributed by atoms with Crippen LogP contribution in [0.3, 0.4) is 0 Å². The van der Waals surface area contributed by atoms with Gasteiger partial charge in [0, 0.05) is 24.7 Å². The lowest BCUT2D eigenvalue weighted by Gasteiger charge is -2.09. The van der Waals surface area contributed by atoms with Gasteiger partial charge in [-0.2, -0.15) is 5.10 Å². The van der Waals surface area contributed by atoms with E-state index in [0.717, 1.165) is 17.0 Å². The molecule has 0 atom stereocenters. The number of ether oxygens (including phenoxy) is 1. The first-order valence-electron chi connectivity index (χ1n) is 7.12. The number of nitrogens with zero attached hydrogens (tertiary/aromatic N) is 1. The van der Waals surface area contributed by atoms with E-state index >= 15 is 0 Å². The minimum absolute atomic E-state index is 0.0859. The summed E-state index contributed by atoms with van der Waals surface area (Å²) in [4.78, 5) is 10.9. The number of carbonyl (C=O) groups is 1. The van der Waals surface area contributed by atoms with E-state index in [0.29, 0.717) is 0 Å². The van der Waals surface area contributed by atoms with Gasteiger partial charge in [0.05, 0.1) is 5.69 Å². The molecule has 0 saturated heterocycles. The summed E-state index contributed by atoms with van der Waals surface area (Å²) in [6.45, 7) is 8.05. The Balaban J connectivity index is 2.83. The lowest BCUT2D eigenvalue weighted by Crippen LogP contribution is -2.19. The van der Waals surface area contributed by atoms with Crippen LogP contribution in [-0.4, -0.2) is 29.9 Å². The maximum absolute atomic E-state index is 14.0. The Labute approximate surface area is 125 Å². The number of hydrogen-bond donors (Lipinski definition) is 2. The Kier molecular flexibility index (Phi) is 6.39. The molecule has 0 aromatic carbocycles. The van der Waals surface area contributed by atoms with Crippen molar-refractivity contribution in [2.24, 2.45) is 0 Å². The number of rotatable bonds is 6. The Morgan fingerprint density at radius 3 is 2.57 bits per heavy atom. The van der Waals surface area contributed by atoms with Gasteiger partial charge < -0.3 is 10.1 Å². The lowest BCUT2D eigenvalue weighted by molar-refractivity contribution is 0.160. The van der Waals surface area contributed by atoms with Crippen LogP contribution in [0.4, 0.5) is 9.18 Å². The van der Waals surface area contributed by atoms with E-state index in [1.54, 1.807) is 0 Å². The number of nitrogens with one attached hydrogen (secondary N) is 2. The van der Waals surface area contributed by atoms with Crippen LogP contribution in [0.2, 0.25) is 0 Å². The third-order valence-corrected chi connectivity index (χ3v) is 3.12. The van der Waals surface area contributed by atoms with Crippen LogP contribution in [0.25, 0.3) is 0 Å². The molecule has 2 N–H and O–H groups in total. The smallest absolute Gasteiger partial charge is 0.407 e. The van der Waals surface area contributed by atoms with E-state index in [1.807, 2.05) is 27.7 Å². The van der Waals surface area contributed by atoms with Crippen molar-refractivity contribution in [2.75, 3.05) is 13.7 Å². The largest absolute Gasteiger partial charge is 0.445 e. The summed E-state index contributed by atoms with van der Waals surface area (Å²) in [5, 5.41) is 9.61. The lowest BCUT2D eigenvalue weighted by atomic mass is 9.96. The number of alkyl carbamates (subject to hydrolysis) is 1. The zero-order valence-electron chi connectivity index (χ0n) is 13.3. The average molecular weight is 297 g/mol. The second-order valence-corrected chi connectivity index (χ2v) is 5.49. The summed E-state index contributed by atoms with van der Waals surface area (Å²) in [6.07, 6.45) is 0.860. The maximum Gasteiger partial charge on any atom is 0.407 e. The number of hydrogen-bond acceptors (Lipinski definition) is 3. The highest BCUT2D eigenvalue weighted by Crippen LogP contribution is 2.27. The molecule has 21 heavy (non-hydrogen) atoms. The van der Waals surface area contributed by atoms with Crippen LogP contribution in [0.5, 0.6) is 0 Å². The van der Waals surface area contributed by atoms with E-state index in [1.165, 1.54) is 13.1 Å². The molecule has 0 bridgehead atoms. The highest BCUT2D eigenvalue weighted by atomic mass is 19.1. The van der Waals surface area contributed by atoms with Crippen molar-refractivity contribution < 1.29 is 13.9 Å². The summed E-state index contributed by atoms with van der Waals surface area (Å²) >= 11 is 0. The van der Waals surface area contributed by atoms with Gasteiger partial charge in [-0.1, -0.05) is 27.7 Å². The molecular weight excluding hydrogens is 273 g/mol. The molecule has 0 aliphatic rings. The molecule has 0 fully saturated rings. The summed E-state index contributed by atoms with van der Waals surface area (Å²) < 4.78 is 18.8. The topological polar surface area (TPSA) is 67.0 Å². The van der Waals surface area contributed by atoms with Crippen LogP contribution in [-0.2, 0) is 11.2 Å². The van der Waals surface area contributed by atoms with Crippen molar-refractivity contribution in [2.45, 2.75) is 46.0 Å². The molecule has 0 unspecified atom stereocenters. The number of halogens is 1. The van der Waals surface area contributed by atoms with Crippen LogP contribution >= 0.6 is 0 Å². The van der Waals surface area contributed by atoms with Gasteiger partial charge in [-0.3, -0.25) is 5.10 Å². The van der Waals surface area contributed by atoms with Gasteiger partial charge in [0.2, 0.25) is 0 Å². The molecule has 0 aliphatic carbocycles. The van der Waals surface area contributed by atoms with Crippen molar-refractivity contribution >= 4 is 6.09 Å². The fourth-order valence-electron chi connectivity index (χ4n) is 2.06. The van der Waals surface area contributed by atoms with Gasteiger partial charge in [-0.05, 0) is 17.9 Å². The molecule has 0 spiro atoms. The first-order valence-corrected chi connectivity index (χ1v) is 7.12.